The van der Waals surface area contributed by atoms with Gasteiger partial charge >= 0.3 is 11.9 Å². The van der Waals surface area contributed by atoms with Gasteiger partial charge in [0.2, 0.25) is 0 Å². The maximum Gasteiger partial charge on any atom is 0.338 e. The first-order chi connectivity index (χ1) is 12.9. The van der Waals surface area contributed by atoms with E-state index in [-0.39, 0.29) is 17.4 Å². The molecule has 0 radical (unpaired) electrons. The van der Waals surface area contributed by atoms with Gasteiger partial charge in [-0.1, -0.05) is 52.0 Å². The van der Waals surface area contributed by atoms with E-state index in [1.165, 1.54) is 0 Å². The second-order valence-corrected chi connectivity index (χ2v) is 7.05. The van der Waals surface area contributed by atoms with Gasteiger partial charge in [0.05, 0.1) is 24.3 Å². The molecule has 4 nitrogen and oxygen atoms in total. The van der Waals surface area contributed by atoms with E-state index in [9.17, 15) is 9.59 Å². The zero-order valence-corrected chi connectivity index (χ0v) is 16.6. The number of rotatable bonds is 8. The van der Waals surface area contributed by atoms with E-state index < -0.39 is 0 Å². The van der Waals surface area contributed by atoms with Crippen molar-refractivity contribution in [1.82, 2.24) is 0 Å². The van der Waals surface area contributed by atoms with Crippen molar-refractivity contribution < 1.29 is 19.1 Å². The first-order valence-corrected chi connectivity index (χ1v) is 9.45. The van der Waals surface area contributed by atoms with Crippen LogP contribution in [0.5, 0.6) is 0 Å². The monoisotopic (exact) mass is 368 g/mol. The van der Waals surface area contributed by atoms with E-state index in [1.807, 2.05) is 38.1 Å². The van der Waals surface area contributed by atoms with Crippen molar-refractivity contribution in [2.75, 3.05) is 13.2 Å². The fraction of sp³-hybridized carbons (Fsp3) is 0.391. The SMILES string of the molecule is CCCOC(=O)c1ccc(C(C)(C)c2ccc(C(=O)OCCC)cc2)cc1. The number of benzene rings is 2. The smallest absolute Gasteiger partial charge is 0.338 e. The number of hydrogen-bond acceptors (Lipinski definition) is 4. The van der Waals surface area contributed by atoms with E-state index in [0.717, 1.165) is 24.0 Å². The molecule has 0 atom stereocenters. The molecule has 0 spiro atoms. The summed E-state index contributed by atoms with van der Waals surface area (Å²) in [6.07, 6.45) is 1.61. The van der Waals surface area contributed by atoms with Crippen molar-refractivity contribution in [2.45, 2.75) is 46.0 Å². The van der Waals surface area contributed by atoms with E-state index in [4.69, 9.17) is 9.47 Å². The Kier molecular flexibility index (Phi) is 7.17. The van der Waals surface area contributed by atoms with Gasteiger partial charge in [0.1, 0.15) is 0 Å². The Morgan fingerprint density at radius 3 is 1.33 bits per heavy atom. The molecule has 27 heavy (non-hydrogen) atoms. The third-order valence-electron chi connectivity index (χ3n) is 4.56. The summed E-state index contributed by atoms with van der Waals surface area (Å²) in [5.41, 5.74) is 3.00. The summed E-state index contributed by atoms with van der Waals surface area (Å²) in [6.45, 7) is 9.02. The maximum absolute atomic E-state index is 11.9. The molecule has 0 amide bonds. The van der Waals surface area contributed by atoms with Crippen LogP contribution in [0.2, 0.25) is 0 Å². The Bertz CT molecular complexity index is 692. The van der Waals surface area contributed by atoms with Gasteiger partial charge in [-0.2, -0.15) is 0 Å². The van der Waals surface area contributed by atoms with Gasteiger partial charge in [-0.25, -0.2) is 9.59 Å². The highest BCUT2D eigenvalue weighted by molar-refractivity contribution is 5.90. The lowest BCUT2D eigenvalue weighted by molar-refractivity contribution is 0.0496. The van der Waals surface area contributed by atoms with Crippen LogP contribution in [0.4, 0.5) is 0 Å². The van der Waals surface area contributed by atoms with Gasteiger partial charge in [0, 0.05) is 5.41 Å². The molecule has 0 aliphatic heterocycles. The molecule has 0 fully saturated rings. The zero-order chi connectivity index (χ0) is 19.9. The van der Waals surface area contributed by atoms with Crippen molar-refractivity contribution in [3.63, 3.8) is 0 Å². The van der Waals surface area contributed by atoms with Crippen LogP contribution < -0.4 is 0 Å². The van der Waals surface area contributed by atoms with Crippen molar-refractivity contribution in [1.29, 1.82) is 0 Å². The molecule has 0 heterocycles. The summed E-state index contributed by atoms with van der Waals surface area (Å²) < 4.78 is 10.3. The Morgan fingerprint density at radius 1 is 0.704 bits per heavy atom. The molecule has 2 rings (SSSR count). The molecular formula is C23H28O4. The fourth-order valence-corrected chi connectivity index (χ4v) is 2.77. The molecule has 0 N–H and O–H groups in total. The minimum atomic E-state index is -0.295. The predicted molar refractivity (Wildman–Crippen MR) is 106 cm³/mol. The van der Waals surface area contributed by atoms with Gasteiger partial charge in [0.15, 0.2) is 0 Å². The van der Waals surface area contributed by atoms with Crippen LogP contribution in [-0.2, 0) is 14.9 Å². The summed E-state index contributed by atoms with van der Waals surface area (Å²) >= 11 is 0. The van der Waals surface area contributed by atoms with E-state index in [1.54, 1.807) is 24.3 Å². The molecular weight excluding hydrogens is 340 g/mol. The first kappa shape index (κ1) is 20.7. The predicted octanol–water partition coefficient (Wildman–Crippen LogP) is 5.15. The Morgan fingerprint density at radius 2 is 1.04 bits per heavy atom. The first-order valence-electron chi connectivity index (χ1n) is 9.45. The van der Waals surface area contributed by atoms with Crippen LogP contribution in [0.3, 0.4) is 0 Å². The highest BCUT2D eigenvalue weighted by Crippen LogP contribution is 2.31. The van der Waals surface area contributed by atoms with Gasteiger partial charge in [-0.05, 0) is 48.2 Å². The summed E-state index contributed by atoms with van der Waals surface area (Å²) in [6, 6.07) is 15.0. The molecule has 144 valence electrons. The van der Waals surface area contributed by atoms with Crippen molar-refractivity contribution in [2.24, 2.45) is 0 Å². The van der Waals surface area contributed by atoms with Gasteiger partial charge in [0.25, 0.3) is 0 Å². The number of carbonyl (C=O) groups excluding carboxylic acids is 2. The largest absolute Gasteiger partial charge is 0.462 e. The molecule has 2 aromatic rings. The highest BCUT2D eigenvalue weighted by atomic mass is 16.5. The molecule has 0 unspecified atom stereocenters. The maximum atomic E-state index is 11.9. The second-order valence-electron chi connectivity index (χ2n) is 7.05. The van der Waals surface area contributed by atoms with Crippen LogP contribution in [0, 0.1) is 0 Å². The minimum Gasteiger partial charge on any atom is -0.462 e. The average molecular weight is 368 g/mol. The average Bonchev–Trinajstić information content (AvgIpc) is 2.70. The number of esters is 2. The lowest BCUT2D eigenvalue weighted by Crippen LogP contribution is -2.19. The summed E-state index contributed by atoms with van der Waals surface area (Å²) in [4.78, 5) is 23.9. The molecule has 4 heteroatoms. The van der Waals surface area contributed by atoms with E-state index in [2.05, 4.69) is 13.8 Å². The van der Waals surface area contributed by atoms with Crippen molar-refractivity contribution >= 4 is 11.9 Å². The molecule has 2 aromatic carbocycles. The van der Waals surface area contributed by atoms with Gasteiger partial charge < -0.3 is 9.47 Å². The fourth-order valence-electron chi connectivity index (χ4n) is 2.77. The minimum absolute atomic E-state index is 0.266. The summed E-state index contributed by atoms with van der Waals surface area (Å²) in [5, 5.41) is 0. The van der Waals surface area contributed by atoms with Crippen LogP contribution in [0.15, 0.2) is 48.5 Å². The molecule has 0 aliphatic rings. The summed E-state index contributed by atoms with van der Waals surface area (Å²) in [5.74, 6) is -0.590. The highest BCUT2D eigenvalue weighted by Gasteiger charge is 2.24. The van der Waals surface area contributed by atoms with E-state index in [0.29, 0.717) is 24.3 Å². The molecule has 0 saturated carbocycles. The standard InChI is InChI=1S/C23H28O4/c1-5-15-26-21(24)17-7-11-19(12-8-17)23(3,4)20-13-9-18(10-14-20)22(25)27-16-6-2/h7-14H,5-6,15-16H2,1-4H3. The van der Waals surface area contributed by atoms with E-state index >= 15 is 0 Å². The third-order valence-corrected chi connectivity index (χ3v) is 4.56. The quantitative estimate of drug-likeness (QED) is 0.605. The van der Waals surface area contributed by atoms with Crippen molar-refractivity contribution in [3.8, 4) is 0 Å². The normalized spacial score (nSPS) is 11.1. The third kappa shape index (κ3) is 5.19. The van der Waals surface area contributed by atoms with Crippen LogP contribution in [-0.4, -0.2) is 25.2 Å². The summed E-state index contributed by atoms with van der Waals surface area (Å²) in [7, 11) is 0. The lowest BCUT2D eigenvalue weighted by Gasteiger charge is -2.26. The van der Waals surface area contributed by atoms with Gasteiger partial charge in [-0.15, -0.1) is 0 Å². The Balaban J connectivity index is 2.15. The molecule has 0 aliphatic carbocycles. The van der Waals surface area contributed by atoms with Crippen LogP contribution >= 0.6 is 0 Å². The zero-order valence-electron chi connectivity index (χ0n) is 16.6. The molecule has 0 bridgehead atoms. The van der Waals surface area contributed by atoms with Gasteiger partial charge in [-0.3, -0.25) is 0 Å². The molecule has 0 saturated heterocycles. The molecule has 0 aromatic heterocycles. The topological polar surface area (TPSA) is 52.6 Å². The van der Waals surface area contributed by atoms with Crippen molar-refractivity contribution in [3.05, 3.63) is 70.8 Å². The lowest BCUT2D eigenvalue weighted by atomic mass is 9.78. The Hall–Kier alpha value is -2.62. The number of carbonyl (C=O) groups is 2. The van der Waals surface area contributed by atoms with Crippen LogP contribution in [0.25, 0.3) is 0 Å². The number of hydrogen-bond donors (Lipinski definition) is 0. The van der Waals surface area contributed by atoms with Crippen LogP contribution in [0.1, 0.15) is 72.4 Å². The Labute approximate surface area is 161 Å². The number of ether oxygens (including phenoxy) is 2. The second kappa shape index (κ2) is 9.36.